The van der Waals surface area contributed by atoms with Crippen LogP contribution in [0.2, 0.25) is 0 Å². The molecular formula is C5H13N3O. The second kappa shape index (κ2) is 4.12. The van der Waals surface area contributed by atoms with Gasteiger partial charge in [0, 0.05) is 4.97 Å². The van der Waals surface area contributed by atoms with Crippen molar-refractivity contribution >= 4 is 0 Å². The molecule has 0 aliphatic carbocycles. The Bertz CT molecular complexity index is 98.4. The lowest BCUT2D eigenvalue weighted by molar-refractivity contribution is -0.691. The summed E-state index contributed by atoms with van der Waals surface area (Å²) < 4.78 is 0. The second-order valence-electron chi connectivity index (χ2n) is 1.59. The quantitative estimate of drug-likeness (QED) is 0.323. The monoisotopic (exact) mass is 131 g/mol. The van der Waals surface area contributed by atoms with Gasteiger partial charge in [-0.1, -0.05) is 0 Å². The van der Waals surface area contributed by atoms with Crippen LogP contribution in [0.15, 0.2) is 5.11 Å². The van der Waals surface area contributed by atoms with Gasteiger partial charge >= 0.3 is 0 Å². The van der Waals surface area contributed by atoms with Crippen molar-refractivity contribution in [3.05, 3.63) is 5.21 Å². The van der Waals surface area contributed by atoms with E-state index in [1.165, 1.54) is 7.05 Å². The summed E-state index contributed by atoms with van der Waals surface area (Å²) in [6.45, 7) is 5.24. The lowest BCUT2D eigenvalue weighted by Gasteiger charge is -2.13. The Morgan fingerprint density at radius 1 is 1.44 bits per heavy atom. The van der Waals surface area contributed by atoms with Crippen LogP contribution in [0.3, 0.4) is 0 Å². The van der Waals surface area contributed by atoms with E-state index in [2.05, 4.69) is 5.11 Å². The summed E-state index contributed by atoms with van der Waals surface area (Å²) in [6.07, 6.45) is 0. The summed E-state index contributed by atoms with van der Waals surface area (Å²) in [5.74, 6) is 0. The molecule has 9 heavy (non-hydrogen) atoms. The molecule has 0 N–H and O–H groups in total. The average molecular weight is 131 g/mol. The van der Waals surface area contributed by atoms with Gasteiger partial charge in [-0.3, -0.25) is 0 Å². The van der Waals surface area contributed by atoms with Crippen LogP contribution in [0.5, 0.6) is 0 Å². The van der Waals surface area contributed by atoms with E-state index >= 15 is 0 Å². The first-order valence-corrected chi connectivity index (χ1v) is 3.08. The first-order chi connectivity index (χ1) is 4.26. The van der Waals surface area contributed by atoms with Gasteiger partial charge in [-0.15, -0.1) is 5.01 Å². The molecule has 0 bridgehead atoms. The van der Waals surface area contributed by atoms with Gasteiger partial charge in [0.25, 0.3) is 0 Å². The third-order valence-corrected chi connectivity index (χ3v) is 1.14. The number of rotatable bonds is 3. The molecule has 0 aliphatic rings. The maximum absolute atomic E-state index is 10.6. The summed E-state index contributed by atoms with van der Waals surface area (Å²) in [4.78, 5) is 0.611. The maximum Gasteiger partial charge on any atom is 0.0953 e. The van der Waals surface area contributed by atoms with Gasteiger partial charge in [-0.05, 0) is 19.0 Å². The van der Waals surface area contributed by atoms with Gasteiger partial charge in [0.05, 0.1) is 20.1 Å². The van der Waals surface area contributed by atoms with Crippen LogP contribution in [-0.2, 0) is 0 Å². The Morgan fingerprint density at radius 2 is 1.89 bits per heavy atom. The van der Waals surface area contributed by atoms with Crippen molar-refractivity contribution in [1.29, 1.82) is 0 Å². The Morgan fingerprint density at radius 3 is 2.00 bits per heavy atom. The largest absolute Gasteiger partial charge is 0.572 e. The molecular weight excluding hydrogens is 118 g/mol. The van der Waals surface area contributed by atoms with Gasteiger partial charge in [0.2, 0.25) is 0 Å². The van der Waals surface area contributed by atoms with E-state index in [1.807, 2.05) is 13.8 Å². The van der Waals surface area contributed by atoms with Crippen molar-refractivity contribution in [2.24, 2.45) is 5.11 Å². The van der Waals surface area contributed by atoms with Gasteiger partial charge in [-0.2, -0.15) is 0 Å². The fraction of sp³-hybridized carbons (Fsp3) is 1.00. The molecule has 0 unspecified atom stereocenters. The summed E-state index contributed by atoms with van der Waals surface area (Å²) in [7, 11) is 1.48. The van der Waals surface area contributed by atoms with Crippen molar-refractivity contribution in [3.8, 4) is 0 Å². The highest BCUT2D eigenvalue weighted by Gasteiger charge is 2.02. The van der Waals surface area contributed by atoms with Crippen molar-refractivity contribution in [2.45, 2.75) is 13.8 Å². The Kier molecular flexibility index (Phi) is 3.75. The molecule has 0 radical (unpaired) electrons. The van der Waals surface area contributed by atoms with Crippen molar-refractivity contribution in [2.75, 3.05) is 20.1 Å². The zero-order valence-corrected chi connectivity index (χ0v) is 6.16. The molecule has 0 saturated heterocycles. The van der Waals surface area contributed by atoms with E-state index in [0.717, 1.165) is 0 Å². The van der Waals surface area contributed by atoms with E-state index in [1.54, 1.807) is 5.01 Å². The third kappa shape index (κ3) is 2.30. The molecule has 0 amide bonds. The Balaban J connectivity index is 3.79. The number of hydrogen-bond acceptors (Lipinski definition) is 2. The first kappa shape index (κ1) is 8.20. The highest BCUT2D eigenvalue weighted by atomic mass is 16.5. The van der Waals surface area contributed by atoms with Gasteiger partial charge in [0.1, 0.15) is 0 Å². The molecule has 0 heterocycles. The lowest BCUT2D eigenvalue weighted by atomic mass is 10.6. The van der Waals surface area contributed by atoms with Crippen molar-refractivity contribution < 1.29 is 4.97 Å². The maximum atomic E-state index is 10.6. The molecule has 0 rings (SSSR count). The van der Waals surface area contributed by atoms with Gasteiger partial charge < -0.3 is 5.21 Å². The molecule has 0 aromatic carbocycles. The minimum atomic E-state index is 0.611. The smallest absolute Gasteiger partial charge is 0.0953 e. The fourth-order valence-corrected chi connectivity index (χ4v) is 0.592. The molecule has 0 aromatic rings. The summed E-state index contributed by atoms with van der Waals surface area (Å²) in [5, 5.41) is 15.7. The number of hydrazine groups is 1. The molecule has 0 spiro atoms. The van der Waals surface area contributed by atoms with Crippen LogP contribution in [-0.4, -0.2) is 30.1 Å². The van der Waals surface area contributed by atoms with E-state index < -0.39 is 0 Å². The van der Waals surface area contributed by atoms with Crippen LogP contribution in [0, 0.1) is 5.21 Å². The Labute approximate surface area is 55.3 Å². The molecule has 0 atom stereocenters. The SMILES string of the molecule is CCN(CC)[N+]([O-])=NC. The summed E-state index contributed by atoms with van der Waals surface area (Å²) >= 11 is 0. The minimum absolute atomic E-state index is 0.611. The van der Waals surface area contributed by atoms with E-state index in [-0.39, 0.29) is 0 Å². The molecule has 54 valence electrons. The van der Waals surface area contributed by atoms with E-state index in [9.17, 15) is 5.21 Å². The highest BCUT2D eigenvalue weighted by Crippen LogP contribution is 1.86. The van der Waals surface area contributed by atoms with E-state index in [4.69, 9.17) is 0 Å². The second-order valence-corrected chi connectivity index (χ2v) is 1.59. The predicted octanol–water partition coefficient (Wildman–Crippen LogP) is 0.835. The summed E-state index contributed by atoms with van der Waals surface area (Å²) in [5.41, 5.74) is 0. The highest BCUT2D eigenvalue weighted by molar-refractivity contribution is 4.29. The topological polar surface area (TPSA) is 41.7 Å². The molecule has 0 aliphatic heterocycles. The molecule has 0 saturated carbocycles. The van der Waals surface area contributed by atoms with Gasteiger partial charge in [-0.25, -0.2) is 0 Å². The molecule has 4 heteroatoms. The normalized spacial score (nSPS) is 11.7. The van der Waals surface area contributed by atoms with Gasteiger partial charge in [0.15, 0.2) is 0 Å². The van der Waals surface area contributed by atoms with Crippen LogP contribution in [0.1, 0.15) is 13.8 Å². The average Bonchev–Trinajstić information content (AvgIpc) is 1.90. The molecule has 0 aromatic heterocycles. The van der Waals surface area contributed by atoms with E-state index in [0.29, 0.717) is 18.1 Å². The van der Waals surface area contributed by atoms with Crippen LogP contribution in [0.4, 0.5) is 0 Å². The van der Waals surface area contributed by atoms with Crippen LogP contribution in [0.25, 0.3) is 0 Å². The Hall–Kier alpha value is -0.800. The van der Waals surface area contributed by atoms with Crippen molar-refractivity contribution in [1.82, 2.24) is 5.01 Å². The fourth-order valence-electron chi connectivity index (χ4n) is 0.592. The third-order valence-electron chi connectivity index (χ3n) is 1.14. The first-order valence-electron chi connectivity index (χ1n) is 3.08. The molecule has 0 fully saturated rings. The zero-order valence-electron chi connectivity index (χ0n) is 6.16. The molecule has 4 nitrogen and oxygen atoms in total. The number of hydrogen-bond donors (Lipinski definition) is 0. The predicted molar refractivity (Wildman–Crippen MR) is 34.9 cm³/mol. The lowest BCUT2D eigenvalue weighted by Crippen LogP contribution is -2.29. The zero-order chi connectivity index (χ0) is 7.28. The number of nitrogens with zero attached hydrogens (tertiary/aromatic N) is 3. The van der Waals surface area contributed by atoms with Crippen molar-refractivity contribution in [3.63, 3.8) is 0 Å². The van der Waals surface area contributed by atoms with Crippen LogP contribution >= 0.6 is 0 Å². The van der Waals surface area contributed by atoms with Crippen LogP contribution < -0.4 is 0 Å². The standard InChI is InChI=1S/C5H13N3O/c1-4-7(5-2)8(9)6-3/h4-5H2,1-3H3. The minimum Gasteiger partial charge on any atom is -0.572 e. The summed E-state index contributed by atoms with van der Waals surface area (Å²) in [6, 6.07) is 0.